The summed E-state index contributed by atoms with van der Waals surface area (Å²) in [6.07, 6.45) is 2.70. The van der Waals surface area contributed by atoms with E-state index in [1.807, 2.05) is 4.90 Å². The van der Waals surface area contributed by atoms with Crippen molar-refractivity contribution in [2.75, 3.05) is 27.2 Å². The van der Waals surface area contributed by atoms with Gasteiger partial charge in [0.25, 0.3) is 0 Å². The highest BCUT2D eigenvalue weighted by Gasteiger charge is 2.57. The summed E-state index contributed by atoms with van der Waals surface area (Å²) in [7, 11) is 4.18. The summed E-state index contributed by atoms with van der Waals surface area (Å²) in [5.41, 5.74) is 0. The average molecular weight is 265 g/mol. The third kappa shape index (κ3) is 2.47. The molecule has 1 unspecified atom stereocenters. The molecule has 1 heterocycles. The standard InChI is InChI=1S/C11H18Cl2N2O/c1-14(2)8-3-5-15(6-4-8)10(16)9-7-11(9,12)13/h8-9H,3-7H2,1-2H3. The Hall–Kier alpha value is 0.01000. The van der Waals surface area contributed by atoms with Crippen LogP contribution in [0.2, 0.25) is 0 Å². The quantitative estimate of drug-likeness (QED) is 0.710. The van der Waals surface area contributed by atoms with Crippen LogP contribution in [0.25, 0.3) is 0 Å². The number of hydrogen-bond acceptors (Lipinski definition) is 2. The Labute approximate surface area is 107 Å². The summed E-state index contributed by atoms with van der Waals surface area (Å²) in [4.78, 5) is 16.1. The Bertz CT molecular complexity index is 286. The molecule has 0 aromatic carbocycles. The summed E-state index contributed by atoms with van der Waals surface area (Å²) < 4.78 is -0.782. The van der Waals surface area contributed by atoms with Crippen molar-refractivity contribution in [2.24, 2.45) is 5.92 Å². The maximum Gasteiger partial charge on any atom is 0.228 e. The topological polar surface area (TPSA) is 23.6 Å². The van der Waals surface area contributed by atoms with Gasteiger partial charge in [0.2, 0.25) is 5.91 Å². The van der Waals surface area contributed by atoms with Gasteiger partial charge in [0.15, 0.2) is 0 Å². The van der Waals surface area contributed by atoms with Crippen LogP contribution in [0.5, 0.6) is 0 Å². The highest BCUT2D eigenvalue weighted by molar-refractivity contribution is 6.52. The van der Waals surface area contributed by atoms with Gasteiger partial charge in [-0.1, -0.05) is 0 Å². The fourth-order valence-corrected chi connectivity index (χ4v) is 2.80. The lowest BCUT2D eigenvalue weighted by Crippen LogP contribution is -2.45. The first-order chi connectivity index (χ1) is 7.42. The molecule has 0 aromatic heterocycles. The normalized spacial score (nSPS) is 29.6. The fourth-order valence-electron chi connectivity index (χ4n) is 2.30. The lowest BCUT2D eigenvalue weighted by Gasteiger charge is -2.35. The monoisotopic (exact) mass is 264 g/mol. The molecule has 16 heavy (non-hydrogen) atoms. The first-order valence-corrected chi connectivity index (χ1v) is 6.50. The lowest BCUT2D eigenvalue weighted by molar-refractivity contribution is -0.134. The van der Waals surface area contributed by atoms with Crippen LogP contribution in [-0.2, 0) is 4.79 Å². The molecule has 3 nitrogen and oxygen atoms in total. The van der Waals surface area contributed by atoms with Crippen LogP contribution < -0.4 is 0 Å². The highest BCUT2D eigenvalue weighted by Crippen LogP contribution is 2.54. The number of carbonyl (C=O) groups excluding carboxylic acids is 1. The van der Waals surface area contributed by atoms with E-state index >= 15 is 0 Å². The molecule has 1 aliphatic carbocycles. The largest absolute Gasteiger partial charge is 0.342 e. The second-order valence-electron chi connectivity index (χ2n) is 5.04. The Morgan fingerprint density at radius 2 is 1.81 bits per heavy atom. The molecule has 0 radical (unpaired) electrons. The van der Waals surface area contributed by atoms with Crippen molar-refractivity contribution in [3.8, 4) is 0 Å². The first-order valence-electron chi connectivity index (χ1n) is 5.75. The number of carbonyl (C=O) groups is 1. The second kappa shape index (κ2) is 4.35. The minimum atomic E-state index is -0.782. The van der Waals surface area contributed by atoms with Crippen molar-refractivity contribution in [3.05, 3.63) is 0 Å². The maximum atomic E-state index is 12.0. The van der Waals surface area contributed by atoms with E-state index in [9.17, 15) is 4.79 Å². The highest BCUT2D eigenvalue weighted by atomic mass is 35.5. The predicted molar refractivity (Wildman–Crippen MR) is 65.8 cm³/mol. The molecule has 1 atom stereocenters. The zero-order valence-corrected chi connectivity index (χ0v) is 11.3. The molecule has 0 bridgehead atoms. The van der Waals surface area contributed by atoms with Gasteiger partial charge in [0.1, 0.15) is 4.33 Å². The molecule has 2 rings (SSSR count). The van der Waals surface area contributed by atoms with Crippen molar-refractivity contribution >= 4 is 29.1 Å². The molecule has 0 spiro atoms. The fraction of sp³-hybridized carbons (Fsp3) is 0.909. The predicted octanol–water partition coefficient (Wildman–Crippen LogP) is 1.73. The summed E-state index contributed by atoms with van der Waals surface area (Å²) in [6, 6.07) is 0.597. The van der Waals surface area contributed by atoms with Gasteiger partial charge >= 0.3 is 0 Å². The van der Waals surface area contributed by atoms with Gasteiger partial charge in [-0.3, -0.25) is 4.79 Å². The first kappa shape index (κ1) is 12.5. The van der Waals surface area contributed by atoms with Crippen LogP contribution in [0.4, 0.5) is 0 Å². The van der Waals surface area contributed by atoms with Crippen molar-refractivity contribution in [1.29, 1.82) is 0 Å². The van der Waals surface area contributed by atoms with E-state index in [2.05, 4.69) is 19.0 Å². The molecular weight excluding hydrogens is 247 g/mol. The number of hydrogen-bond donors (Lipinski definition) is 0. The van der Waals surface area contributed by atoms with Gasteiger partial charge in [-0.05, 0) is 33.4 Å². The molecule has 92 valence electrons. The number of halogens is 2. The molecule has 1 aliphatic heterocycles. The lowest BCUT2D eigenvalue weighted by atomic mass is 10.0. The van der Waals surface area contributed by atoms with Gasteiger partial charge in [-0.15, -0.1) is 23.2 Å². The van der Waals surface area contributed by atoms with Gasteiger partial charge in [-0.2, -0.15) is 0 Å². The van der Waals surface area contributed by atoms with Crippen molar-refractivity contribution in [1.82, 2.24) is 9.80 Å². The van der Waals surface area contributed by atoms with Gasteiger partial charge in [-0.25, -0.2) is 0 Å². The Balaban J connectivity index is 1.83. The molecule has 1 saturated carbocycles. The maximum absolute atomic E-state index is 12.0. The van der Waals surface area contributed by atoms with Gasteiger partial charge in [0, 0.05) is 19.1 Å². The second-order valence-corrected chi connectivity index (χ2v) is 6.58. The van der Waals surface area contributed by atoms with E-state index < -0.39 is 4.33 Å². The SMILES string of the molecule is CN(C)C1CCN(C(=O)C2CC2(Cl)Cl)CC1. The van der Waals surface area contributed by atoms with E-state index in [0.29, 0.717) is 12.5 Å². The molecule has 0 aromatic rings. The van der Waals surface area contributed by atoms with E-state index in [1.54, 1.807) is 0 Å². The average Bonchev–Trinajstić information content (AvgIpc) is 2.87. The molecular formula is C11H18Cl2N2O. The number of piperidine rings is 1. The Morgan fingerprint density at radius 1 is 1.31 bits per heavy atom. The smallest absolute Gasteiger partial charge is 0.228 e. The van der Waals surface area contributed by atoms with Crippen molar-refractivity contribution < 1.29 is 4.79 Å². The zero-order chi connectivity index (χ0) is 11.9. The van der Waals surface area contributed by atoms with Crippen LogP contribution in [0.15, 0.2) is 0 Å². The Kier molecular flexibility index (Phi) is 3.39. The van der Waals surface area contributed by atoms with Crippen molar-refractivity contribution in [2.45, 2.75) is 29.6 Å². The molecule has 1 saturated heterocycles. The molecule has 2 aliphatic rings. The molecule has 0 N–H and O–H groups in total. The van der Waals surface area contributed by atoms with Crippen LogP contribution >= 0.6 is 23.2 Å². The van der Waals surface area contributed by atoms with E-state index in [1.165, 1.54) is 0 Å². The number of amides is 1. The molecule has 1 amide bonds. The summed E-state index contributed by atoms with van der Waals surface area (Å²) in [5.74, 6) is -0.0195. The number of alkyl halides is 2. The van der Waals surface area contributed by atoms with Crippen LogP contribution in [0.1, 0.15) is 19.3 Å². The number of likely N-dealkylation sites (tertiary alicyclic amines) is 1. The third-order valence-corrected chi connectivity index (χ3v) is 4.47. The third-order valence-electron chi connectivity index (χ3n) is 3.63. The summed E-state index contributed by atoms with van der Waals surface area (Å²) >= 11 is 11.8. The summed E-state index contributed by atoms with van der Waals surface area (Å²) in [5, 5.41) is 0. The minimum Gasteiger partial charge on any atom is -0.342 e. The summed E-state index contributed by atoms with van der Waals surface area (Å²) in [6.45, 7) is 1.67. The van der Waals surface area contributed by atoms with Crippen LogP contribution in [0, 0.1) is 5.92 Å². The van der Waals surface area contributed by atoms with Crippen molar-refractivity contribution in [3.63, 3.8) is 0 Å². The molecule has 2 fully saturated rings. The van der Waals surface area contributed by atoms with Crippen LogP contribution in [-0.4, -0.2) is 53.3 Å². The van der Waals surface area contributed by atoms with Gasteiger partial charge < -0.3 is 9.80 Å². The van der Waals surface area contributed by atoms with Gasteiger partial charge in [0.05, 0.1) is 5.92 Å². The minimum absolute atomic E-state index is 0.141. The van der Waals surface area contributed by atoms with Crippen LogP contribution in [0.3, 0.4) is 0 Å². The molecule has 5 heteroatoms. The number of nitrogens with zero attached hydrogens (tertiary/aromatic N) is 2. The van der Waals surface area contributed by atoms with E-state index in [0.717, 1.165) is 25.9 Å². The Morgan fingerprint density at radius 3 is 2.19 bits per heavy atom. The zero-order valence-electron chi connectivity index (χ0n) is 9.75. The number of rotatable bonds is 2. The van der Waals surface area contributed by atoms with E-state index in [4.69, 9.17) is 23.2 Å². The van der Waals surface area contributed by atoms with E-state index in [-0.39, 0.29) is 11.8 Å².